The molecule has 4 heteroatoms. The first-order valence-electron chi connectivity index (χ1n) is 9.45. The van der Waals surface area contributed by atoms with E-state index >= 15 is 0 Å². The van der Waals surface area contributed by atoms with Crippen LogP contribution in [0.25, 0.3) is 10.2 Å². The molecule has 1 unspecified atom stereocenters. The van der Waals surface area contributed by atoms with E-state index in [0.29, 0.717) is 0 Å². The van der Waals surface area contributed by atoms with E-state index in [1.807, 2.05) is 19.1 Å². The molecule has 1 aliphatic heterocycles. The molecule has 4 rings (SSSR count). The fourth-order valence-electron chi connectivity index (χ4n) is 3.52. The van der Waals surface area contributed by atoms with Crippen molar-refractivity contribution in [2.45, 2.75) is 32.0 Å². The number of likely N-dealkylation sites (tertiary alicyclic amines) is 1. The van der Waals surface area contributed by atoms with Crippen LogP contribution < -0.4 is 0 Å². The first kappa shape index (κ1) is 18.2. The summed E-state index contributed by atoms with van der Waals surface area (Å²) in [5.41, 5.74) is 3.19. The van der Waals surface area contributed by atoms with Crippen LogP contribution in [0.2, 0.25) is 0 Å². The minimum absolute atomic E-state index is 0.144. The number of rotatable bonds is 4. The zero-order valence-electron chi connectivity index (χ0n) is 15.8. The van der Waals surface area contributed by atoms with Gasteiger partial charge in [0, 0.05) is 18.7 Å². The Hall–Kier alpha value is -2.19. The van der Waals surface area contributed by atoms with Crippen molar-refractivity contribution in [1.82, 2.24) is 9.88 Å². The van der Waals surface area contributed by atoms with E-state index in [0.717, 1.165) is 47.6 Å². The van der Waals surface area contributed by atoms with Crippen molar-refractivity contribution in [3.63, 3.8) is 0 Å². The highest BCUT2D eigenvalue weighted by Gasteiger charge is 2.26. The normalized spacial score (nSPS) is 16.8. The third-order valence-electron chi connectivity index (χ3n) is 4.99. The second-order valence-corrected chi connectivity index (χ2v) is 8.10. The molecule has 2 heterocycles. The third kappa shape index (κ3) is 4.22. The highest BCUT2D eigenvalue weighted by molar-refractivity contribution is 7.18. The van der Waals surface area contributed by atoms with Crippen molar-refractivity contribution in [3.8, 4) is 11.8 Å². The maximum atomic E-state index is 6.65. The van der Waals surface area contributed by atoms with Gasteiger partial charge in [-0.1, -0.05) is 30.2 Å². The topological polar surface area (TPSA) is 25.4 Å². The zero-order valence-corrected chi connectivity index (χ0v) is 16.6. The molecule has 0 N–H and O–H groups in total. The lowest BCUT2D eigenvalue weighted by Gasteiger charge is -2.31. The Kier molecular flexibility index (Phi) is 5.54. The molecule has 0 aliphatic carbocycles. The van der Waals surface area contributed by atoms with Crippen molar-refractivity contribution in [2.24, 2.45) is 0 Å². The number of thiazole rings is 1. The van der Waals surface area contributed by atoms with E-state index in [4.69, 9.17) is 9.72 Å². The molecule has 1 aliphatic rings. The largest absolute Gasteiger partial charge is 0.363 e. The van der Waals surface area contributed by atoms with Gasteiger partial charge in [0.05, 0.1) is 16.3 Å². The summed E-state index contributed by atoms with van der Waals surface area (Å²) in [6, 6.07) is 16.7. The van der Waals surface area contributed by atoms with E-state index in [1.165, 1.54) is 4.70 Å². The number of nitrogens with zero attached hydrogens (tertiary/aromatic N) is 2. The maximum absolute atomic E-state index is 6.65. The lowest BCUT2D eigenvalue weighted by molar-refractivity contribution is -0.0234. The van der Waals surface area contributed by atoms with Crippen LogP contribution in [0.15, 0.2) is 48.5 Å². The number of hydrogen-bond acceptors (Lipinski definition) is 4. The number of fused-ring (bicyclic) bond motifs is 1. The van der Waals surface area contributed by atoms with Gasteiger partial charge >= 0.3 is 0 Å². The molecular weight excluding hydrogens is 352 g/mol. The molecule has 1 aromatic heterocycles. The van der Waals surface area contributed by atoms with Gasteiger partial charge in [-0.3, -0.25) is 0 Å². The van der Waals surface area contributed by atoms with Gasteiger partial charge in [-0.2, -0.15) is 0 Å². The Bertz CT molecular complexity index is 943. The quantitative estimate of drug-likeness (QED) is 0.608. The molecule has 1 fully saturated rings. The number of benzene rings is 2. The van der Waals surface area contributed by atoms with Crippen LogP contribution in [0.1, 0.15) is 42.0 Å². The molecule has 0 spiro atoms. The molecule has 2 aromatic carbocycles. The predicted molar refractivity (Wildman–Crippen MR) is 112 cm³/mol. The van der Waals surface area contributed by atoms with Gasteiger partial charge in [0.1, 0.15) is 11.1 Å². The van der Waals surface area contributed by atoms with Crippen LogP contribution in [0.4, 0.5) is 0 Å². The highest BCUT2D eigenvalue weighted by atomic mass is 32.1. The van der Waals surface area contributed by atoms with Crippen LogP contribution in [-0.4, -0.2) is 36.1 Å². The fraction of sp³-hybridized carbons (Fsp3) is 0.348. The maximum Gasteiger partial charge on any atom is 0.134 e. The van der Waals surface area contributed by atoms with E-state index in [2.05, 4.69) is 60.2 Å². The summed E-state index contributed by atoms with van der Waals surface area (Å²) in [4.78, 5) is 7.26. The molecule has 1 saturated heterocycles. The standard InChI is InChI=1S/C23H24N2OS/c1-3-7-17-8-6-9-18(16-17)22(26-19-12-14-25(2)15-13-19)23-24-20-10-4-5-11-21(20)27-23/h4-6,8-11,16,19,22H,12-15H2,1-2H3. The SMILES string of the molecule is CC#Cc1cccc(C(OC2CCN(C)CC2)c2nc3ccccc3s2)c1. The number of para-hydroxylation sites is 1. The van der Waals surface area contributed by atoms with Gasteiger partial charge in [-0.05, 0) is 56.6 Å². The van der Waals surface area contributed by atoms with Crippen molar-refractivity contribution in [2.75, 3.05) is 20.1 Å². The number of piperidine rings is 1. The number of hydrogen-bond donors (Lipinski definition) is 0. The Labute approximate surface area is 165 Å². The monoisotopic (exact) mass is 376 g/mol. The molecule has 3 aromatic rings. The molecule has 3 nitrogen and oxygen atoms in total. The van der Waals surface area contributed by atoms with Crippen LogP contribution in [0, 0.1) is 11.8 Å². The molecule has 1 atom stereocenters. The summed E-state index contributed by atoms with van der Waals surface area (Å²) >= 11 is 1.73. The van der Waals surface area contributed by atoms with Crippen LogP contribution in [0.5, 0.6) is 0 Å². The van der Waals surface area contributed by atoms with Crippen LogP contribution >= 0.6 is 11.3 Å². The summed E-state index contributed by atoms with van der Waals surface area (Å²) < 4.78 is 7.85. The summed E-state index contributed by atoms with van der Waals surface area (Å²) in [5.74, 6) is 6.15. The molecule has 0 radical (unpaired) electrons. The summed E-state index contributed by atoms with van der Waals surface area (Å²) in [6.45, 7) is 4.03. The minimum Gasteiger partial charge on any atom is -0.363 e. The second-order valence-electron chi connectivity index (χ2n) is 7.04. The molecule has 27 heavy (non-hydrogen) atoms. The minimum atomic E-state index is -0.144. The number of aromatic nitrogens is 1. The van der Waals surface area contributed by atoms with Crippen molar-refractivity contribution in [3.05, 3.63) is 64.7 Å². The average Bonchev–Trinajstić information content (AvgIpc) is 3.12. The lowest BCUT2D eigenvalue weighted by Crippen LogP contribution is -2.35. The lowest BCUT2D eigenvalue weighted by atomic mass is 10.0. The third-order valence-corrected chi connectivity index (χ3v) is 6.07. The van der Waals surface area contributed by atoms with Gasteiger partial charge in [-0.15, -0.1) is 17.3 Å². The smallest absolute Gasteiger partial charge is 0.134 e. The van der Waals surface area contributed by atoms with Crippen LogP contribution in [0.3, 0.4) is 0 Å². The van der Waals surface area contributed by atoms with Crippen molar-refractivity contribution >= 4 is 21.6 Å². The van der Waals surface area contributed by atoms with Gasteiger partial charge in [0.2, 0.25) is 0 Å². The van der Waals surface area contributed by atoms with E-state index in [1.54, 1.807) is 11.3 Å². The Balaban J connectivity index is 1.69. The zero-order chi connectivity index (χ0) is 18.6. The summed E-state index contributed by atoms with van der Waals surface area (Å²) in [7, 11) is 2.17. The molecule has 0 saturated carbocycles. The summed E-state index contributed by atoms with van der Waals surface area (Å²) in [6.07, 6.45) is 2.24. The second kappa shape index (κ2) is 8.22. The van der Waals surface area contributed by atoms with Crippen LogP contribution in [-0.2, 0) is 4.74 Å². The van der Waals surface area contributed by atoms with Gasteiger partial charge < -0.3 is 9.64 Å². The van der Waals surface area contributed by atoms with E-state index in [-0.39, 0.29) is 12.2 Å². The van der Waals surface area contributed by atoms with E-state index in [9.17, 15) is 0 Å². The summed E-state index contributed by atoms with van der Waals surface area (Å²) in [5, 5.41) is 1.02. The average molecular weight is 377 g/mol. The predicted octanol–water partition coefficient (Wildman–Crippen LogP) is 4.87. The first-order chi connectivity index (χ1) is 13.2. The van der Waals surface area contributed by atoms with Gasteiger partial charge in [0.25, 0.3) is 0 Å². The first-order valence-corrected chi connectivity index (χ1v) is 10.3. The fourth-order valence-corrected chi connectivity index (χ4v) is 4.55. The molecule has 138 valence electrons. The molecular formula is C23H24N2OS. The van der Waals surface area contributed by atoms with Crippen molar-refractivity contribution < 1.29 is 4.74 Å². The number of ether oxygens (including phenoxy) is 1. The highest BCUT2D eigenvalue weighted by Crippen LogP contribution is 2.35. The Morgan fingerprint density at radius 3 is 2.74 bits per heavy atom. The van der Waals surface area contributed by atoms with Gasteiger partial charge in [-0.25, -0.2) is 4.98 Å². The van der Waals surface area contributed by atoms with Crippen molar-refractivity contribution in [1.29, 1.82) is 0 Å². The molecule has 0 amide bonds. The van der Waals surface area contributed by atoms with E-state index < -0.39 is 0 Å². The van der Waals surface area contributed by atoms with Gasteiger partial charge in [0.15, 0.2) is 0 Å². The molecule has 0 bridgehead atoms. The Morgan fingerprint density at radius 1 is 1.15 bits per heavy atom. The Morgan fingerprint density at radius 2 is 1.96 bits per heavy atom.